The number of alkyl halides is 4. The summed E-state index contributed by atoms with van der Waals surface area (Å²) in [7, 11) is 1.54. The number of benzene rings is 1. The van der Waals surface area contributed by atoms with Gasteiger partial charge < -0.3 is 14.2 Å². The zero-order valence-electron chi connectivity index (χ0n) is 21.5. The minimum atomic E-state index is -4.52. The Kier molecular flexibility index (Phi) is 7.39. The summed E-state index contributed by atoms with van der Waals surface area (Å²) in [6, 6.07) is 7.04. The molecule has 3 aromatic heterocycles. The van der Waals surface area contributed by atoms with Gasteiger partial charge >= 0.3 is 6.18 Å². The summed E-state index contributed by atoms with van der Waals surface area (Å²) in [5.74, 6) is 1.72. The van der Waals surface area contributed by atoms with Crippen molar-refractivity contribution in [1.29, 1.82) is 0 Å². The Morgan fingerprint density at radius 1 is 1.05 bits per heavy atom. The van der Waals surface area contributed by atoms with Gasteiger partial charge in [0.15, 0.2) is 11.5 Å². The van der Waals surface area contributed by atoms with Crippen molar-refractivity contribution in [3.05, 3.63) is 60.1 Å². The van der Waals surface area contributed by atoms with Crippen LogP contribution in [0.3, 0.4) is 0 Å². The van der Waals surface area contributed by atoms with Crippen molar-refractivity contribution in [3.63, 3.8) is 0 Å². The maximum Gasteiger partial charge on any atom is 0.434 e. The first-order valence-corrected chi connectivity index (χ1v) is 12.9. The minimum Gasteiger partial charge on any atom is -0.480 e. The van der Waals surface area contributed by atoms with Gasteiger partial charge in [-0.15, -0.1) is 11.6 Å². The molecule has 0 saturated heterocycles. The Balaban J connectivity index is 1.41. The van der Waals surface area contributed by atoms with E-state index in [1.807, 2.05) is 26.0 Å². The molecule has 4 aromatic rings. The number of aromatic nitrogens is 7. The molecule has 1 saturated carbocycles. The van der Waals surface area contributed by atoms with Crippen molar-refractivity contribution in [2.24, 2.45) is 0 Å². The SMILES string of the molecule is COc1ncnc(C2CC2)c1-c1ncnc(N(CCl)Cc2ccc(-c3nc(C(F)(F)F)cn3C(C)C)cc2)n1. The van der Waals surface area contributed by atoms with Gasteiger partial charge in [0.2, 0.25) is 11.8 Å². The zero-order valence-corrected chi connectivity index (χ0v) is 22.3. The van der Waals surface area contributed by atoms with Gasteiger partial charge in [-0.25, -0.2) is 24.9 Å². The van der Waals surface area contributed by atoms with Crippen molar-refractivity contribution in [3.8, 4) is 28.7 Å². The molecule has 13 heteroatoms. The second-order valence-electron chi connectivity index (χ2n) is 9.49. The molecule has 1 fully saturated rings. The second kappa shape index (κ2) is 10.8. The smallest absolute Gasteiger partial charge is 0.434 e. The van der Waals surface area contributed by atoms with Crippen LogP contribution in [-0.4, -0.2) is 47.6 Å². The van der Waals surface area contributed by atoms with E-state index in [-0.39, 0.29) is 17.9 Å². The third-order valence-corrected chi connectivity index (χ3v) is 6.66. The number of rotatable bonds is 9. The van der Waals surface area contributed by atoms with E-state index in [0.717, 1.165) is 30.3 Å². The first kappa shape index (κ1) is 26.8. The molecule has 5 rings (SSSR count). The maximum atomic E-state index is 13.3. The molecule has 1 aliphatic carbocycles. The lowest BCUT2D eigenvalue weighted by atomic mass is 10.1. The number of imidazole rings is 1. The normalized spacial score (nSPS) is 13.6. The van der Waals surface area contributed by atoms with Crippen LogP contribution in [0.2, 0.25) is 0 Å². The molecule has 0 N–H and O–H groups in total. The highest BCUT2D eigenvalue weighted by molar-refractivity contribution is 6.18. The zero-order chi connectivity index (χ0) is 27.7. The molecule has 39 heavy (non-hydrogen) atoms. The quantitative estimate of drug-likeness (QED) is 0.186. The Hall–Kier alpha value is -3.80. The van der Waals surface area contributed by atoms with Gasteiger partial charge in [-0.1, -0.05) is 24.3 Å². The van der Waals surface area contributed by atoms with E-state index < -0.39 is 11.9 Å². The lowest BCUT2D eigenvalue weighted by Gasteiger charge is -2.20. The monoisotopic (exact) mass is 558 g/mol. The summed E-state index contributed by atoms with van der Waals surface area (Å²) in [5.41, 5.74) is 2.01. The van der Waals surface area contributed by atoms with Crippen LogP contribution < -0.4 is 9.64 Å². The van der Waals surface area contributed by atoms with Crippen molar-refractivity contribution < 1.29 is 17.9 Å². The molecule has 204 valence electrons. The summed E-state index contributed by atoms with van der Waals surface area (Å²) >= 11 is 6.29. The highest BCUT2D eigenvalue weighted by Crippen LogP contribution is 2.44. The van der Waals surface area contributed by atoms with Gasteiger partial charge in [0.1, 0.15) is 24.0 Å². The number of nitrogens with zero attached hydrogens (tertiary/aromatic N) is 8. The topological polar surface area (TPSA) is 94.7 Å². The van der Waals surface area contributed by atoms with Crippen LogP contribution in [-0.2, 0) is 12.7 Å². The van der Waals surface area contributed by atoms with Gasteiger partial charge in [-0.05, 0) is 32.3 Å². The lowest BCUT2D eigenvalue weighted by molar-refractivity contribution is -0.140. The van der Waals surface area contributed by atoms with Crippen LogP contribution in [0.4, 0.5) is 19.1 Å². The highest BCUT2D eigenvalue weighted by atomic mass is 35.5. The van der Waals surface area contributed by atoms with Crippen LogP contribution >= 0.6 is 11.6 Å². The molecule has 0 aliphatic heterocycles. The third-order valence-electron chi connectivity index (χ3n) is 6.37. The fourth-order valence-electron chi connectivity index (χ4n) is 4.26. The predicted molar refractivity (Wildman–Crippen MR) is 139 cm³/mol. The van der Waals surface area contributed by atoms with Gasteiger partial charge in [0, 0.05) is 30.3 Å². The number of anilines is 1. The van der Waals surface area contributed by atoms with Crippen LogP contribution in [0.15, 0.2) is 43.1 Å². The molecule has 1 aliphatic rings. The standard InChI is InChI=1S/C26H26ClF3N8O/c1-15(2)38-11-19(26(28,29)30)35-23(38)18-6-4-16(5-7-18)10-37(12-27)25-34-14-32-22(36-25)20-21(17-8-9-17)31-13-33-24(20)39-3/h4-7,11,13-15,17H,8-10,12H2,1-3H3. The van der Waals surface area contributed by atoms with Crippen molar-refractivity contribution >= 4 is 17.5 Å². The third kappa shape index (κ3) is 5.65. The summed E-state index contributed by atoms with van der Waals surface area (Å²) in [6.07, 6.45) is 1.47. The summed E-state index contributed by atoms with van der Waals surface area (Å²) in [5, 5.41) is 0. The molecule has 0 spiro atoms. The highest BCUT2D eigenvalue weighted by Gasteiger charge is 2.35. The van der Waals surface area contributed by atoms with Crippen molar-refractivity contribution in [2.45, 2.75) is 51.4 Å². The molecule has 0 amide bonds. The van der Waals surface area contributed by atoms with Crippen molar-refractivity contribution in [1.82, 2.24) is 34.5 Å². The van der Waals surface area contributed by atoms with E-state index in [2.05, 4.69) is 29.9 Å². The van der Waals surface area contributed by atoms with E-state index in [0.29, 0.717) is 41.2 Å². The van der Waals surface area contributed by atoms with Gasteiger partial charge in [-0.2, -0.15) is 18.2 Å². The Labute approximate surface area is 228 Å². The molecular formula is C26H26ClF3N8O. The molecule has 9 nitrogen and oxygen atoms in total. The molecule has 0 radical (unpaired) electrons. The number of hydrogen-bond acceptors (Lipinski definition) is 8. The van der Waals surface area contributed by atoms with E-state index >= 15 is 0 Å². The van der Waals surface area contributed by atoms with E-state index in [1.54, 1.807) is 17.0 Å². The number of methoxy groups -OCH3 is 1. The van der Waals surface area contributed by atoms with E-state index in [1.165, 1.54) is 24.3 Å². The summed E-state index contributed by atoms with van der Waals surface area (Å²) in [6.45, 7) is 3.98. The Bertz CT molecular complexity index is 1450. The number of ether oxygens (including phenoxy) is 1. The molecule has 3 heterocycles. The fraction of sp³-hybridized carbons (Fsp3) is 0.385. The average Bonchev–Trinajstić information content (AvgIpc) is 3.67. The minimum absolute atomic E-state index is 0.0931. The summed E-state index contributed by atoms with van der Waals surface area (Å²) < 4.78 is 46.9. The Morgan fingerprint density at radius 3 is 2.38 bits per heavy atom. The van der Waals surface area contributed by atoms with Crippen LogP contribution in [0.5, 0.6) is 5.88 Å². The first-order valence-electron chi connectivity index (χ1n) is 12.3. The average molecular weight is 559 g/mol. The van der Waals surface area contributed by atoms with Gasteiger partial charge in [0.05, 0.1) is 18.8 Å². The molecule has 0 atom stereocenters. The van der Waals surface area contributed by atoms with E-state index in [4.69, 9.17) is 16.3 Å². The van der Waals surface area contributed by atoms with Crippen LogP contribution in [0.25, 0.3) is 22.8 Å². The molecule has 0 bridgehead atoms. The largest absolute Gasteiger partial charge is 0.480 e. The van der Waals surface area contributed by atoms with Crippen molar-refractivity contribution in [2.75, 3.05) is 18.0 Å². The Morgan fingerprint density at radius 2 is 1.77 bits per heavy atom. The second-order valence-corrected chi connectivity index (χ2v) is 9.73. The number of hydrogen-bond donors (Lipinski definition) is 0. The predicted octanol–water partition coefficient (Wildman–Crippen LogP) is 5.88. The molecule has 1 aromatic carbocycles. The summed E-state index contributed by atoms with van der Waals surface area (Å²) in [4.78, 5) is 27.6. The van der Waals surface area contributed by atoms with Gasteiger partial charge in [-0.3, -0.25) is 0 Å². The molecule has 0 unspecified atom stereocenters. The molecular weight excluding hydrogens is 533 g/mol. The van der Waals surface area contributed by atoms with Crippen LogP contribution in [0.1, 0.15) is 55.6 Å². The lowest BCUT2D eigenvalue weighted by Crippen LogP contribution is -2.23. The van der Waals surface area contributed by atoms with Crippen LogP contribution in [0, 0.1) is 0 Å². The van der Waals surface area contributed by atoms with E-state index in [9.17, 15) is 13.2 Å². The fourth-order valence-corrected chi connectivity index (χ4v) is 4.45. The maximum absolute atomic E-state index is 13.3. The first-order chi connectivity index (χ1) is 18.7. The number of halogens is 4. The van der Waals surface area contributed by atoms with Gasteiger partial charge in [0.25, 0.3) is 0 Å².